The van der Waals surface area contributed by atoms with Crippen molar-refractivity contribution in [2.75, 3.05) is 0 Å². The molecular formula is C39H58O4. The molecule has 5 aliphatic carbocycles. The minimum Gasteiger partial charge on any atom is -0.504 e. The van der Waals surface area contributed by atoms with Gasteiger partial charge in [0, 0.05) is 11.5 Å². The standard InChI is InChI=1S/C39H58O4/c1-24(2)26-15-18-36(5)21-22-38(7)27(34(26)36)11-13-31-37(6)19-17-32(35(3,4)30(37)16-20-39(31,38)8)43-33(42)14-10-25-9-12-28(40)29(41)23-25/h9-10,12,14,23-24,26-27,30-32,34,40-41H,11,13,15-22H2,1-8H3/b14-10+/t26-,27+,30-,31+,32+,34+,36+,37-,38+,39+/m0/s1. The maximum atomic E-state index is 13.0. The number of hydrogen-bond acceptors (Lipinski definition) is 4. The fraction of sp³-hybridized carbons (Fsp3) is 0.769. The predicted octanol–water partition coefficient (Wildman–Crippen LogP) is 9.78. The molecule has 43 heavy (non-hydrogen) atoms. The monoisotopic (exact) mass is 590 g/mol. The van der Waals surface area contributed by atoms with Crippen LogP contribution in [-0.2, 0) is 9.53 Å². The van der Waals surface area contributed by atoms with Gasteiger partial charge >= 0.3 is 5.97 Å². The van der Waals surface area contributed by atoms with Crippen LogP contribution in [0.4, 0.5) is 0 Å². The minimum atomic E-state index is -0.329. The Bertz CT molecular complexity index is 1280. The number of benzene rings is 1. The number of rotatable bonds is 4. The summed E-state index contributed by atoms with van der Waals surface area (Å²) in [5.74, 6) is 3.99. The van der Waals surface area contributed by atoms with Gasteiger partial charge in [-0.3, -0.25) is 0 Å². The van der Waals surface area contributed by atoms with Gasteiger partial charge in [-0.2, -0.15) is 0 Å². The van der Waals surface area contributed by atoms with E-state index in [2.05, 4.69) is 55.4 Å². The van der Waals surface area contributed by atoms with E-state index in [1.807, 2.05) is 0 Å². The van der Waals surface area contributed by atoms with Crippen LogP contribution in [0.15, 0.2) is 24.3 Å². The van der Waals surface area contributed by atoms with Gasteiger partial charge in [0.15, 0.2) is 11.5 Å². The normalized spacial score (nSPS) is 45.2. The molecule has 2 N–H and O–H groups in total. The lowest BCUT2D eigenvalue weighted by molar-refractivity contribution is -0.250. The third-order valence-corrected chi connectivity index (χ3v) is 15.4. The summed E-state index contributed by atoms with van der Waals surface area (Å²) in [6, 6.07) is 4.55. The number of hydrogen-bond donors (Lipinski definition) is 2. The number of fused-ring (bicyclic) bond motifs is 7. The Morgan fingerprint density at radius 1 is 0.837 bits per heavy atom. The van der Waals surface area contributed by atoms with Crippen LogP contribution in [0, 0.1) is 62.6 Å². The average Bonchev–Trinajstić information content (AvgIpc) is 3.29. The van der Waals surface area contributed by atoms with E-state index in [1.165, 1.54) is 69.6 Å². The van der Waals surface area contributed by atoms with Gasteiger partial charge in [0.1, 0.15) is 6.10 Å². The highest BCUT2D eigenvalue weighted by Gasteiger charge is 2.70. The van der Waals surface area contributed by atoms with Crippen molar-refractivity contribution in [2.45, 2.75) is 126 Å². The molecule has 0 saturated heterocycles. The molecule has 238 valence electrons. The lowest BCUT2D eigenvalue weighted by Crippen LogP contribution is -2.66. The predicted molar refractivity (Wildman–Crippen MR) is 173 cm³/mol. The first-order valence-electron chi connectivity index (χ1n) is 17.5. The van der Waals surface area contributed by atoms with Crippen LogP contribution < -0.4 is 0 Å². The molecule has 0 unspecified atom stereocenters. The van der Waals surface area contributed by atoms with E-state index < -0.39 is 0 Å². The second-order valence-corrected chi connectivity index (χ2v) is 17.7. The van der Waals surface area contributed by atoms with Gasteiger partial charge < -0.3 is 14.9 Å². The van der Waals surface area contributed by atoms with E-state index in [0.29, 0.717) is 27.7 Å². The largest absolute Gasteiger partial charge is 0.504 e. The van der Waals surface area contributed by atoms with Crippen molar-refractivity contribution in [3.8, 4) is 11.5 Å². The number of phenols is 2. The van der Waals surface area contributed by atoms with Crippen LogP contribution in [0.5, 0.6) is 11.5 Å². The summed E-state index contributed by atoms with van der Waals surface area (Å²) in [7, 11) is 0. The Hall–Kier alpha value is -1.97. The molecule has 0 spiro atoms. The van der Waals surface area contributed by atoms with E-state index in [0.717, 1.165) is 42.4 Å². The highest BCUT2D eigenvalue weighted by Crippen LogP contribution is 2.77. The quantitative estimate of drug-likeness (QED) is 0.208. The van der Waals surface area contributed by atoms with Gasteiger partial charge in [0.05, 0.1) is 0 Å². The molecule has 1 aromatic carbocycles. The van der Waals surface area contributed by atoms with E-state index in [4.69, 9.17) is 4.74 Å². The van der Waals surface area contributed by atoms with Gasteiger partial charge in [-0.1, -0.05) is 61.5 Å². The van der Waals surface area contributed by atoms with Crippen LogP contribution in [-0.4, -0.2) is 22.3 Å². The van der Waals surface area contributed by atoms with Crippen LogP contribution >= 0.6 is 0 Å². The highest BCUT2D eigenvalue weighted by molar-refractivity contribution is 5.87. The van der Waals surface area contributed by atoms with Crippen molar-refractivity contribution < 1.29 is 19.7 Å². The summed E-state index contributed by atoms with van der Waals surface area (Å²) in [5.41, 5.74) is 2.15. The number of phenolic OH excluding ortho intramolecular Hbond substituents is 2. The van der Waals surface area contributed by atoms with Gasteiger partial charge in [-0.05, 0) is 145 Å². The molecule has 0 aromatic heterocycles. The molecule has 4 heteroatoms. The number of carbonyl (C=O) groups is 1. The third-order valence-electron chi connectivity index (χ3n) is 15.4. The average molecular weight is 591 g/mol. The smallest absolute Gasteiger partial charge is 0.331 e. The third kappa shape index (κ3) is 4.53. The van der Waals surface area contributed by atoms with Gasteiger partial charge in [0.25, 0.3) is 0 Å². The van der Waals surface area contributed by atoms with Crippen molar-refractivity contribution in [1.82, 2.24) is 0 Å². The molecule has 0 heterocycles. The molecule has 5 aliphatic rings. The topological polar surface area (TPSA) is 66.8 Å². The molecule has 0 bridgehead atoms. The molecule has 0 aliphatic heterocycles. The minimum absolute atomic E-state index is 0.0916. The van der Waals surface area contributed by atoms with Crippen molar-refractivity contribution >= 4 is 12.0 Å². The van der Waals surface area contributed by atoms with Crippen molar-refractivity contribution in [3.05, 3.63) is 29.8 Å². The van der Waals surface area contributed by atoms with E-state index >= 15 is 0 Å². The molecular weight excluding hydrogens is 532 g/mol. The summed E-state index contributed by atoms with van der Waals surface area (Å²) < 4.78 is 6.20. The first kappa shape index (κ1) is 31.0. The van der Waals surface area contributed by atoms with Crippen LogP contribution in [0.25, 0.3) is 6.08 Å². The Balaban J connectivity index is 1.21. The highest BCUT2D eigenvalue weighted by atomic mass is 16.5. The van der Waals surface area contributed by atoms with E-state index in [9.17, 15) is 15.0 Å². The lowest BCUT2D eigenvalue weighted by atomic mass is 9.32. The summed E-state index contributed by atoms with van der Waals surface area (Å²) in [4.78, 5) is 13.0. The molecule has 6 rings (SSSR count). The Morgan fingerprint density at radius 2 is 1.58 bits per heavy atom. The summed E-state index contributed by atoms with van der Waals surface area (Å²) >= 11 is 0. The molecule has 10 atom stereocenters. The Morgan fingerprint density at radius 3 is 2.28 bits per heavy atom. The molecule has 4 nitrogen and oxygen atoms in total. The second kappa shape index (κ2) is 10.3. The number of ether oxygens (including phenoxy) is 1. The molecule has 5 fully saturated rings. The van der Waals surface area contributed by atoms with Crippen LogP contribution in [0.3, 0.4) is 0 Å². The van der Waals surface area contributed by atoms with Crippen molar-refractivity contribution in [3.63, 3.8) is 0 Å². The zero-order valence-electron chi connectivity index (χ0n) is 28.2. The van der Waals surface area contributed by atoms with Gasteiger partial charge in [-0.25, -0.2) is 4.79 Å². The van der Waals surface area contributed by atoms with E-state index in [-0.39, 0.29) is 34.4 Å². The van der Waals surface area contributed by atoms with Crippen molar-refractivity contribution in [2.24, 2.45) is 62.6 Å². The van der Waals surface area contributed by atoms with Crippen LogP contribution in [0.1, 0.15) is 125 Å². The van der Waals surface area contributed by atoms with E-state index in [1.54, 1.807) is 12.1 Å². The summed E-state index contributed by atoms with van der Waals surface area (Å²) in [6.07, 6.45) is 16.0. The first-order valence-corrected chi connectivity index (χ1v) is 17.5. The summed E-state index contributed by atoms with van der Waals surface area (Å²) in [5, 5.41) is 19.4. The van der Waals surface area contributed by atoms with Gasteiger partial charge in [-0.15, -0.1) is 0 Å². The molecule has 5 saturated carbocycles. The zero-order chi connectivity index (χ0) is 31.2. The second-order valence-electron chi connectivity index (χ2n) is 17.7. The van der Waals surface area contributed by atoms with Crippen molar-refractivity contribution in [1.29, 1.82) is 0 Å². The van der Waals surface area contributed by atoms with Crippen LogP contribution in [0.2, 0.25) is 0 Å². The van der Waals surface area contributed by atoms with Gasteiger partial charge in [0.2, 0.25) is 0 Å². The fourth-order valence-corrected chi connectivity index (χ4v) is 12.9. The lowest BCUT2D eigenvalue weighted by Gasteiger charge is -2.73. The summed E-state index contributed by atoms with van der Waals surface area (Å²) in [6.45, 7) is 20.4. The maximum Gasteiger partial charge on any atom is 0.331 e. The Kier molecular flexibility index (Phi) is 7.42. The fourth-order valence-electron chi connectivity index (χ4n) is 12.9. The number of esters is 1. The first-order chi connectivity index (χ1) is 20.1. The Labute approximate surface area is 261 Å². The molecule has 1 aromatic rings. The SMILES string of the molecule is CC(C)[C@@H]1CC[C@]2(C)CC[C@]3(C)[C@H](CC[C@@H]4[C@@]5(C)CC[C@@H](OC(=O)/C=C/c6ccc(O)c(O)c6)C(C)(C)[C@@H]5CC[C@]43C)[C@@H]12. The number of aromatic hydroxyl groups is 2. The molecule has 0 radical (unpaired) electrons. The maximum absolute atomic E-state index is 13.0. The molecule has 0 amide bonds. The number of carbonyl (C=O) groups excluding carboxylic acids is 1. The zero-order valence-corrected chi connectivity index (χ0v) is 28.2.